The van der Waals surface area contributed by atoms with E-state index >= 15 is 0 Å². The lowest BCUT2D eigenvalue weighted by molar-refractivity contribution is 0.600. The molecule has 0 aliphatic carbocycles. The van der Waals surface area contributed by atoms with Gasteiger partial charge in [-0.15, -0.1) is 0 Å². The van der Waals surface area contributed by atoms with Gasteiger partial charge < -0.3 is 5.73 Å². The fraction of sp³-hybridized carbons (Fsp3) is 0.273. The molecular weight excluding hydrogens is 266 g/mol. The van der Waals surface area contributed by atoms with Crippen LogP contribution in [0.2, 0.25) is 0 Å². The maximum atomic E-state index is 12.2. The third-order valence-electron chi connectivity index (χ3n) is 2.50. The molecule has 2 heterocycles. The quantitative estimate of drug-likeness (QED) is 0.870. The van der Waals surface area contributed by atoms with Crippen LogP contribution in [-0.2, 0) is 16.6 Å². The molecule has 0 saturated heterocycles. The summed E-state index contributed by atoms with van der Waals surface area (Å²) >= 11 is 0. The van der Waals surface area contributed by atoms with E-state index in [1.165, 1.54) is 17.1 Å². The summed E-state index contributed by atoms with van der Waals surface area (Å²) < 4.78 is 28.3. The third kappa shape index (κ3) is 2.84. The Bertz CT molecular complexity index is 693. The van der Waals surface area contributed by atoms with Crippen molar-refractivity contribution >= 4 is 21.5 Å². The zero-order valence-corrected chi connectivity index (χ0v) is 11.5. The summed E-state index contributed by atoms with van der Waals surface area (Å²) in [6.07, 6.45) is 4.48. The number of aryl methyl sites for hydroxylation is 2. The van der Waals surface area contributed by atoms with Gasteiger partial charge in [-0.2, -0.15) is 5.10 Å². The van der Waals surface area contributed by atoms with E-state index in [4.69, 9.17) is 5.73 Å². The van der Waals surface area contributed by atoms with Crippen molar-refractivity contribution in [3.05, 3.63) is 30.2 Å². The predicted octanol–water partition coefficient (Wildman–Crippen LogP) is 0.989. The Morgan fingerprint density at radius 3 is 2.74 bits per heavy atom. The Labute approximate surface area is 111 Å². The summed E-state index contributed by atoms with van der Waals surface area (Å²) in [5, 5.41) is 3.91. The summed E-state index contributed by atoms with van der Waals surface area (Å²) in [6, 6.07) is 1.69. The summed E-state index contributed by atoms with van der Waals surface area (Å²) in [6.45, 7) is 4.22. The SMILES string of the molecule is CCn1cc(S(=O)(=O)Nc2cncc(C)c2)c(N)n1. The third-order valence-corrected chi connectivity index (χ3v) is 3.89. The van der Waals surface area contributed by atoms with Gasteiger partial charge in [0.1, 0.15) is 4.90 Å². The van der Waals surface area contributed by atoms with Gasteiger partial charge in [0, 0.05) is 18.9 Å². The average Bonchev–Trinajstić information content (AvgIpc) is 2.71. The number of sulfonamides is 1. The molecule has 0 atom stereocenters. The molecule has 2 rings (SSSR count). The number of hydrogen-bond acceptors (Lipinski definition) is 5. The molecule has 0 fully saturated rings. The number of pyridine rings is 1. The molecule has 0 amide bonds. The lowest BCUT2D eigenvalue weighted by Crippen LogP contribution is -2.14. The lowest BCUT2D eigenvalue weighted by Gasteiger charge is -2.06. The van der Waals surface area contributed by atoms with Crippen molar-refractivity contribution in [3.8, 4) is 0 Å². The number of aromatic nitrogens is 3. The van der Waals surface area contributed by atoms with Crippen LogP contribution in [0.15, 0.2) is 29.6 Å². The van der Waals surface area contributed by atoms with E-state index in [1.54, 1.807) is 12.3 Å². The van der Waals surface area contributed by atoms with Gasteiger partial charge in [0.2, 0.25) is 0 Å². The molecule has 0 radical (unpaired) electrons. The monoisotopic (exact) mass is 281 g/mol. The fourth-order valence-electron chi connectivity index (χ4n) is 1.61. The van der Waals surface area contributed by atoms with Crippen LogP contribution in [0, 0.1) is 6.92 Å². The Hall–Kier alpha value is -2.09. The molecule has 2 aromatic heterocycles. The number of hydrogen-bond donors (Lipinski definition) is 2. The summed E-state index contributed by atoms with van der Waals surface area (Å²) in [4.78, 5) is 3.90. The number of nitrogen functional groups attached to an aromatic ring is 1. The number of rotatable bonds is 4. The molecular formula is C11H15N5O2S. The van der Waals surface area contributed by atoms with Gasteiger partial charge >= 0.3 is 0 Å². The molecule has 0 spiro atoms. The molecule has 2 aromatic rings. The van der Waals surface area contributed by atoms with Crippen LogP contribution in [0.1, 0.15) is 12.5 Å². The van der Waals surface area contributed by atoms with Crippen LogP contribution >= 0.6 is 0 Å². The molecule has 0 aromatic carbocycles. The van der Waals surface area contributed by atoms with Crippen LogP contribution in [0.3, 0.4) is 0 Å². The lowest BCUT2D eigenvalue weighted by atomic mass is 10.3. The summed E-state index contributed by atoms with van der Waals surface area (Å²) in [5.74, 6) is -0.0186. The van der Waals surface area contributed by atoms with Crippen molar-refractivity contribution in [2.75, 3.05) is 10.5 Å². The largest absolute Gasteiger partial charge is 0.381 e. The molecule has 7 nitrogen and oxygen atoms in total. The first-order valence-corrected chi connectivity index (χ1v) is 7.18. The van der Waals surface area contributed by atoms with Crippen LogP contribution in [0.5, 0.6) is 0 Å². The second-order valence-electron chi connectivity index (χ2n) is 4.09. The highest BCUT2D eigenvalue weighted by Crippen LogP contribution is 2.20. The first-order chi connectivity index (χ1) is 8.92. The first-order valence-electron chi connectivity index (χ1n) is 5.70. The molecule has 0 aliphatic heterocycles. The molecule has 3 N–H and O–H groups in total. The van der Waals surface area contributed by atoms with Gasteiger partial charge in [0.25, 0.3) is 10.0 Å². The van der Waals surface area contributed by atoms with Crippen molar-refractivity contribution in [3.63, 3.8) is 0 Å². The van der Waals surface area contributed by atoms with E-state index in [2.05, 4.69) is 14.8 Å². The molecule has 0 aliphatic rings. The summed E-state index contributed by atoms with van der Waals surface area (Å²) in [5.41, 5.74) is 6.87. The van der Waals surface area contributed by atoms with Crippen LogP contribution in [0.4, 0.5) is 11.5 Å². The minimum atomic E-state index is -3.75. The van der Waals surface area contributed by atoms with E-state index < -0.39 is 10.0 Å². The van der Waals surface area contributed by atoms with Crippen molar-refractivity contribution in [1.29, 1.82) is 0 Å². The standard InChI is InChI=1S/C11H15N5O2S/c1-3-16-7-10(11(12)14-16)19(17,18)15-9-4-8(2)5-13-6-9/h4-7,15H,3H2,1-2H3,(H2,12,14). The van der Waals surface area contributed by atoms with Gasteiger partial charge in [-0.3, -0.25) is 14.4 Å². The molecule has 8 heteroatoms. The summed E-state index contributed by atoms with van der Waals surface area (Å²) in [7, 11) is -3.75. The molecule has 0 saturated carbocycles. The van der Waals surface area contributed by atoms with Crippen LogP contribution in [-0.4, -0.2) is 23.2 Å². The van der Waals surface area contributed by atoms with Crippen LogP contribution < -0.4 is 10.5 Å². The molecule has 19 heavy (non-hydrogen) atoms. The maximum Gasteiger partial charge on any atom is 0.267 e. The second kappa shape index (κ2) is 4.88. The predicted molar refractivity (Wildman–Crippen MR) is 72.1 cm³/mol. The minimum absolute atomic E-state index is 0.0186. The Morgan fingerprint density at radius 1 is 1.42 bits per heavy atom. The highest BCUT2D eigenvalue weighted by molar-refractivity contribution is 7.92. The van der Waals surface area contributed by atoms with Gasteiger partial charge in [-0.05, 0) is 25.5 Å². The molecule has 102 valence electrons. The maximum absolute atomic E-state index is 12.2. The smallest absolute Gasteiger partial charge is 0.267 e. The zero-order valence-electron chi connectivity index (χ0n) is 10.7. The van der Waals surface area contributed by atoms with Crippen LogP contribution in [0.25, 0.3) is 0 Å². The van der Waals surface area contributed by atoms with Crippen molar-refractivity contribution in [2.45, 2.75) is 25.3 Å². The van der Waals surface area contributed by atoms with Crippen molar-refractivity contribution in [1.82, 2.24) is 14.8 Å². The Balaban J connectivity index is 2.34. The number of nitrogens with two attached hydrogens (primary N) is 1. The van der Waals surface area contributed by atoms with Gasteiger partial charge in [-0.1, -0.05) is 0 Å². The second-order valence-corrected chi connectivity index (χ2v) is 5.74. The molecule has 0 unspecified atom stereocenters. The topological polar surface area (TPSA) is 103 Å². The van der Waals surface area contributed by atoms with Gasteiger partial charge in [0.05, 0.1) is 11.9 Å². The molecule has 0 bridgehead atoms. The Morgan fingerprint density at radius 2 is 2.16 bits per heavy atom. The average molecular weight is 281 g/mol. The fourth-order valence-corrected chi connectivity index (χ4v) is 2.72. The number of anilines is 2. The van der Waals surface area contributed by atoms with Crippen molar-refractivity contribution < 1.29 is 8.42 Å². The zero-order chi connectivity index (χ0) is 14.0. The number of nitrogens with one attached hydrogen (secondary N) is 1. The van der Waals surface area contributed by atoms with Gasteiger partial charge in [-0.25, -0.2) is 8.42 Å². The minimum Gasteiger partial charge on any atom is -0.381 e. The highest BCUT2D eigenvalue weighted by Gasteiger charge is 2.21. The van der Waals surface area contributed by atoms with Crippen molar-refractivity contribution in [2.24, 2.45) is 0 Å². The normalized spacial score (nSPS) is 11.5. The van der Waals surface area contributed by atoms with E-state index in [0.29, 0.717) is 12.2 Å². The number of nitrogens with zero attached hydrogens (tertiary/aromatic N) is 3. The first kappa shape index (κ1) is 13.3. The van der Waals surface area contributed by atoms with Gasteiger partial charge in [0.15, 0.2) is 5.82 Å². The van der Waals surface area contributed by atoms with E-state index in [-0.39, 0.29) is 10.7 Å². The van der Waals surface area contributed by atoms with E-state index in [0.717, 1.165) is 5.56 Å². The van der Waals surface area contributed by atoms with E-state index in [9.17, 15) is 8.42 Å². The Kier molecular flexibility index (Phi) is 3.43. The highest BCUT2D eigenvalue weighted by atomic mass is 32.2. The van der Waals surface area contributed by atoms with E-state index in [1.807, 2.05) is 13.8 Å².